The van der Waals surface area contributed by atoms with Gasteiger partial charge in [-0.1, -0.05) is 0 Å². The predicted octanol–water partition coefficient (Wildman–Crippen LogP) is 2.71. The highest BCUT2D eigenvalue weighted by Crippen LogP contribution is 2.34. The molecule has 0 radical (unpaired) electrons. The summed E-state index contributed by atoms with van der Waals surface area (Å²) in [7, 11) is 1.81. The Labute approximate surface area is 101 Å². The van der Waals surface area contributed by atoms with Crippen molar-refractivity contribution in [1.82, 2.24) is 4.98 Å². The fraction of sp³-hybridized carbons (Fsp3) is 0.583. The third-order valence-electron chi connectivity index (χ3n) is 2.97. The second-order valence-corrected chi connectivity index (χ2v) is 5.56. The Hall–Kier alpha value is -0.740. The van der Waals surface area contributed by atoms with Gasteiger partial charge >= 0.3 is 0 Å². The number of nitrogen functional groups attached to an aromatic ring is 1. The summed E-state index contributed by atoms with van der Waals surface area (Å²) in [5.74, 6) is 0.586. The van der Waals surface area contributed by atoms with Crippen LogP contribution in [0.1, 0.15) is 25.7 Å². The van der Waals surface area contributed by atoms with Crippen LogP contribution in [0.5, 0.6) is 0 Å². The normalized spacial score (nSPS) is 25.6. The van der Waals surface area contributed by atoms with E-state index in [1.807, 2.05) is 37.2 Å². The van der Waals surface area contributed by atoms with Crippen molar-refractivity contribution in [2.24, 2.45) is 0 Å². The lowest BCUT2D eigenvalue weighted by molar-refractivity contribution is 0.0730. The Morgan fingerprint density at radius 3 is 3.00 bits per heavy atom. The van der Waals surface area contributed by atoms with Gasteiger partial charge in [-0.05, 0) is 37.8 Å². The molecule has 0 aliphatic heterocycles. The number of methoxy groups -OCH3 is 1. The van der Waals surface area contributed by atoms with Crippen molar-refractivity contribution in [3.05, 3.63) is 18.3 Å². The molecule has 1 fully saturated rings. The lowest BCUT2D eigenvalue weighted by Crippen LogP contribution is -2.23. The molecule has 2 unspecified atom stereocenters. The maximum atomic E-state index is 5.56. The number of hydrogen-bond acceptors (Lipinski definition) is 4. The van der Waals surface area contributed by atoms with Gasteiger partial charge in [-0.15, -0.1) is 11.8 Å². The number of pyridine rings is 1. The zero-order valence-corrected chi connectivity index (χ0v) is 10.4. The summed E-state index contributed by atoms with van der Waals surface area (Å²) in [6.45, 7) is 0. The number of nitrogens with zero attached hydrogens (tertiary/aromatic N) is 1. The van der Waals surface area contributed by atoms with Crippen LogP contribution < -0.4 is 5.73 Å². The second-order valence-electron chi connectivity index (χ2n) is 4.18. The van der Waals surface area contributed by atoms with Gasteiger partial charge in [0.15, 0.2) is 0 Å². The molecular weight excluding hydrogens is 220 g/mol. The zero-order valence-electron chi connectivity index (χ0n) is 9.56. The molecule has 2 rings (SSSR count). The molecule has 0 spiro atoms. The minimum absolute atomic E-state index is 0.438. The highest BCUT2D eigenvalue weighted by molar-refractivity contribution is 8.00. The summed E-state index contributed by atoms with van der Waals surface area (Å²) >= 11 is 1.89. The molecule has 1 aromatic rings. The largest absolute Gasteiger partial charge is 0.384 e. The molecule has 0 aromatic carbocycles. The van der Waals surface area contributed by atoms with E-state index in [1.165, 1.54) is 24.2 Å². The summed E-state index contributed by atoms with van der Waals surface area (Å²) < 4.78 is 5.43. The molecule has 2 atom stereocenters. The van der Waals surface area contributed by atoms with Crippen LogP contribution >= 0.6 is 11.8 Å². The third kappa shape index (κ3) is 3.12. The van der Waals surface area contributed by atoms with Crippen molar-refractivity contribution >= 4 is 17.6 Å². The zero-order chi connectivity index (χ0) is 11.4. The highest BCUT2D eigenvalue weighted by atomic mass is 32.2. The molecule has 1 heterocycles. The average Bonchev–Trinajstić information content (AvgIpc) is 2.32. The predicted molar refractivity (Wildman–Crippen MR) is 67.6 cm³/mol. The van der Waals surface area contributed by atoms with Gasteiger partial charge in [0, 0.05) is 23.5 Å². The molecule has 0 amide bonds. The van der Waals surface area contributed by atoms with Crippen molar-refractivity contribution in [1.29, 1.82) is 0 Å². The summed E-state index contributed by atoms with van der Waals surface area (Å²) in [4.78, 5) is 5.31. The summed E-state index contributed by atoms with van der Waals surface area (Å²) in [5, 5.41) is 0.657. The summed E-state index contributed by atoms with van der Waals surface area (Å²) in [5.41, 5.74) is 5.56. The quantitative estimate of drug-likeness (QED) is 0.879. The first-order chi connectivity index (χ1) is 7.78. The van der Waals surface area contributed by atoms with Crippen LogP contribution in [0.25, 0.3) is 0 Å². The van der Waals surface area contributed by atoms with E-state index >= 15 is 0 Å². The van der Waals surface area contributed by atoms with Crippen LogP contribution in [0, 0.1) is 0 Å². The van der Waals surface area contributed by atoms with Crippen LogP contribution in [-0.4, -0.2) is 23.4 Å². The topological polar surface area (TPSA) is 48.1 Å². The van der Waals surface area contributed by atoms with Gasteiger partial charge in [0.1, 0.15) is 5.82 Å². The van der Waals surface area contributed by atoms with Gasteiger partial charge in [0.2, 0.25) is 0 Å². The van der Waals surface area contributed by atoms with E-state index < -0.39 is 0 Å². The van der Waals surface area contributed by atoms with E-state index in [0.29, 0.717) is 17.2 Å². The Kier molecular flexibility index (Phi) is 4.07. The monoisotopic (exact) mass is 238 g/mol. The molecule has 0 saturated heterocycles. The molecule has 0 bridgehead atoms. The van der Waals surface area contributed by atoms with Gasteiger partial charge in [0.25, 0.3) is 0 Å². The Morgan fingerprint density at radius 1 is 1.44 bits per heavy atom. The number of aromatic nitrogens is 1. The minimum Gasteiger partial charge on any atom is -0.384 e. The van der Waals surface area contributed by atoms with Crippen LogP contribution in [0.4, 0.5) is 5.82 Å². The Morgan fingerprint density at radius 2 is 2.31 bits per heavy atom. The average molecular weight is 238 g/mol. The highest BCUT2D eigenvalue weighted by Gasteiger charge is 2.22. The summed E-state index contributed by atoms with van der Waals surface area (Å²) in [6.07, 6.45) is 7.18. The van der Waals surface area contributed by atoms with Crippen LogP contribution in [0.2, 0.25) is 0 Å². The smallest absolute Gasteiger partial charge is 0.123 e. The van der Waals surface area contributed by atoms with Gasteiger partial charge < -0.3 is 10.5 Å². The molecule has 3 nitrogen and oxygen atoms in total. The number of thioether (sulfide) groups is 1. The Balaban J connectivity index is 1.91. The SMILES string of the molecule is COC1CCCC(Sc2ccc(N)nc2)C1. The number of hydrogen-bond donors (Lipinski definition) is 1. The molecule has 1 aliphatic rings. The fourth-order valence-electron chi connectivity index (χ4n) is 2.08. The van der Waals surface area contributed by atoms with Crippen molar-refractivity contribution in [3.63, 3.8) is 0 Å². The molecule has 1 aromatic heterocycles. The van der Waals surface area contributed by atoms with Crippen LogP contribution in [0.15, 0.2) is 23.2 Å². The molecule has 1 aliphatic carbocycles. The maximum absolute atomic E-state index is 5.56. The van der Waals surface area contributed by atoms with E-state index in [2.05, 4.69) is 4.98 Å². The van der Waals surface area contributed by atoms with E-state index in [-0.39, 0.29) is 0 Å². The molecular formula is C12H18N2OS. The number of anilines is 1. The van der Waals surface area contributed by atoms with Crippen molar-refractivity contribution in [3.8, 4) is 0 Å². The molecule has 16 heavy (non-hydrogen) atoms. The minimum atomic E-state index is 0.438. The first kappa shape index (κ1) is 11.7. The van der Waals surface area contributed by atoms with Gasteiger partial charge in [-0.2, -0.15) is 0 Å². The molecule has 4 heteroatoms. The summed E-state index contributed by atoms with van der Waals surface area (Å²) in [6, 6.07) is 3.91. The first-order valence-corrected chi connectivity index (χ1v) is 6.57. The van der Waals surface area contributed by atoms with Crippen molar-refractivity contribution in [2.45, 2.75) is 41.9 Å². The van der Waals surface area contributed by atoms with Gasteiger partial charge in [-0.3, -0.25) is 0 Å². The number of ether oxygens (including phenoxy) is 1. The fourth-order valence-corrected chi connectivity index (χ4v) is 3.32. The Bertz CT molecular complexity index is 328. The van der Waals surface area contributed by atoms with Gasteiger partial charge in [0.05, 0.1) is 6.10 Å². The number of rotatable bonds is 3. The standard InChI is InChI=1S/C12H18N2OS/c1-15-9-3-2-4-10(7-9)16-11-5-6-12(13)14-8-11/h5-6,8-10H,2-4,7H2,1H3,(H2,13,14). The van der Waals surface area contributed by atoms with E-state index in [0.717, 1.165) is 6.42 Å². The van der Waals surface area contributed by atoms with Crippen LogP contribution in [-0.2, 0) is 4.74 Å². The maximum Gasteiger partial charge on any atom is 0.123 e. The molecule has 88 valence electrons. The van der Waals surface area contributed by atoms with Crippen molar-refractivity contribution in [2.75, 3.05) is 12.8 Å². The molecule has 2 N–H and O–H groups in total. The van der Waals surface area contributed by atoms with E-state index in [1.54, 1.807) is 0 Å². The third-order valence-corrected chi connectivity index (χ3v) is 4.25. The van der Waals surface area contributed by atoms with E-state index in [9.17, 15) is 0 Å². The van der Waals surface area contributed by atoms with Crippen molar-refractivity contribution < 1.29 is 4.74 Å². The number of nitrogens with two attached hydrogens (primary N) is 1. The first-order valence-electron chi connectivity index (χ1n) is 5.69. The second kappa shape index (κ2) is 5.55. The van der Waals surface area contributed by atoms with E-state index in [4.69, 9.17) is 10.5 Å². The lowest BCUT2D eigenvalue weighted by atomic mass is 9.97. The molecule has 1 saturated carbocycles. The van der Waals surface area contributed by atoms with Crippen LogP contribution in [0.3, 0.4) is 0 Å². The van der Waals surface area contributed by atoms with Gasteiger partial charge in [-0.25, -0.2) is 4.98 Å². The lowest BCUT2D eigenvalue weighted by Gasteiger charge is -2.27.